The molecule has 1 aliphatic rings. The van der Waals surface area contributed by atoms with E-state index in [4.69, 9.17) is 5.73 Å². The van der Waals surface area contributed by atoms with E-state index in [1.165, 1.54) is 6.20 Å². The van der Waals surface area contributed by atoms with Crippen LogP contribution in [0.3, 0.4) is 0 Å². The van der Waals surface area contributed by atoms with Crippen LogP contribution in [0.1, 0.15) is 36.4 Å². The first-order valence-corrected chi connectivity index (χ1v) is 8.30. The van der Waals surface area contributed by atoms with Crippen LogP contribution in [0.4, 0.5) is 11.5 Å². The second-order valence-corrected chi connectivity index (χ2v) is 6.18. The number of nitrogens with zero attached hydrogens (tertiary/aromatic N) is 3. The molecule has 1 fully saturated rings. The van der Waals surface area contributed by atoms with Crippen molar-refractivity contribution >= 4 is 23.3 Å². The summed E-state index contributed by atoms with van der Waals surface area (Å²) in [5.41, 5.74) is 7.83. The van der Waals surface area contributed by atoms with Crippen molar-refractivity contribution in [3.63, 3.8) is 0 Å². The Bertz CT molecular complexity index is 778. The number of hydrogen-bond acceptors (Lipinski definition) is 5. The molecule has 0 radical (unpaired) electrons. The van der Waals surface area contributed by atoms with Gasteiger partial charge in [-0.25, -0.2) is 4.98 Å². The molecular formula is C18H21N5O2. The smallest absolute Gasteiger partial charge is 0.313 e. The molecule has 0 aliphatic carbocycles. The van der Waals surface area contributed by atoms with Gasteiger partial charge in [0.25, 0.3) is 0 Å². The van der Waals surface area contributed by atoms with E-state index in [9.17, 15) is 9.59 Å². The third-order valence-corrected chi connectivity index (χ3v) is 4.40. The molecule has 1 saturated heterocycles. The zero-order chi connectivity index (χ0) is 17.8. The molecule has 7 nitrogen and oxygen atoms in total. The lowest BCUT2D eigenvalue weighted by atomic mass is 9.96. The van der Waals surface area contributed by atoms with Crippen LogP contribution in [0.15, 0.2) is 36.8 Å². The number of aromatic nitrogens is 2. The minimum Gasteiger partial charge on any atom is -0.383 e. The van der Waals surface area contributed by atoms with E-state index in [1.807, 2.05) is 12.1 Å². The highest BCUT2D eigenvalue weighted by molar-refractivity contribution is 6.39. The molecule has 25 heavy (non-hydrogen) atoms. The van der Waals surface area contributed by atoms with Gasteiger partial charge in [0.05, 0.1) is 17.9 Å². The number of anilines is 2. The van der Waals surface area contributed by atoms with Crippen molar-refractivity contribution in [3.05, 3.63) is 47.9 Å². The quantitative estimate of drug-likeness (QED) is 0.816. The summed E-state index contributed by atoms with van der Waals surface area (Å²) in [5, 5.41) is 2.62. The lowest BCUT2D eigenvalue weighted by molar-refractivity contribution is -0.145. The standard InChI is InChI=1S/C18H21N5O2/c1-12-9-14(11-21-16(12)19)22-17(24)18(25)23-8-3-2-6-15(23)13-5-4-7-20-10-13/h4-5,7,9-11,15H,2-3,6,8H2,1H3,(H2,19,21)(H,22,24)/t15-/m1/s1. The number of nitrogen functional groups attached to an aromatic ring is 1. The van der Waals surface area contributed by atoms with E-state index in [0.29, 0.717) is 18.1 Å². The minimum absolute atomic E-state index is 0.119. The Labute approximate surface area is 146 Å². The maximum atomic E-state index is 12.7. The normalized spacial score (nSPS) is 17.2. The van der Waals surface area contributed by atoms with Crippen molar-refractivity contribution in [2.45, 2.75) is 32.2 Å². The first-order chi connectivity index (χ1) is 12.1. The van der Waals surface area contributed by atoms with E-state index >= 15 is 0 Å². The number of pyridine rings is 2. The predicted octanol–water partition coefficient (Wildman–Crippen LogP) is 2.06. The molecule has 0 bridgehead atoms. The van der Waals surface area contributed by atoms with Gasteiger partial charge in [-0.1, -0.05) is 6.07 Å². The number of nitrogens with two attached hydrogens (primary N) is 1. The Morgan fingerprint density at radius 1 is 1.32 bits per heavy atom. The summed E-state index contributed by atoms with van der Waals surface area (Å²) in [7, 11) is 0. The fourth-order valence-corrected chi connectivity index (χ4v) is 3.06. The summed E-state index contributed by atoms with van der Waals surface area (Å²) < 4.78 is 0. The maximum absolute atomic E-state index is 12.7. The molecule has 0 spiro atoms. The van der Waals surface area contributed by atoms with Gasteiger partial charge in [0.2, 0.25) is 0 Å². The molecule has 130 valence electrons. The van der Waals surface area contributed by atoms with E-state index in [-0.39, 0.29) is 6.04 Å². The van der Waals surface area contributed by atoms with Crippen LogP contribution in [0.5, 0.6) is 0 Å². The molecule has 2 amide bonds. The van der Waals surface area contributed by atoms with Crippen LogP contribution < -0.4 is 11.1 Å². The first kappa shape index (κ1) is 16.9. The average Bonchev–Trinajstić information content (AvgIpc) is 2.65. The summed E-state index contributed by atoms with van der Waals surface area (Å²) in [6.07, 6.45) is 7.63. The van der Waals surface area contributed by atoms with Crippen molar-refractivity contribution in [1.29, 1.82) is 0 Å². The number of aryl methyl sites for hydroxylation is 1. The van der Waals surface area contributed by atoms with Gasteiger partial charge >= 0.3 is 11.8 Å². The molecular weight excluding hydrogens is 318 g/mol. The Morgan fingerprint density at radius 2 is 2.16 bits per heavy atom. The Balaban J connectivity index is 1.75. The number of carbonyl (C=O) groups excluding carboxylic acids is 2. The Hall–Kier alpha value is -2.96. The second kappa shape index (κ2) is 7.29. The molecule has 3 N–H and O–H groups in total. The minimum atomic E-state index is -0.665. The van der Waals surface area contributed by atoms with Crippen LogP contribution in [0, 0.1) is 6.92 Å². The fraction of sp³-hybridized carbons (Fsp3) is 0.333. The Morgan fingerprint density at radius 3 is 2.88 bits per heavy atom. The van der Waals surface area contributed by atoms with Crippen molar-refractivity contribution < 1.29 is 9.59 Å². The maximum Gasteiger partial charge on any atom is 0.313 e. The number of likely N-dealkylation sites (tertiary alicyclic amines) is 1. The zero-order valence-electron chi connectivity index (χ0n) is 14.1. The van der Waals surface area contributed by atoms with Crippen LogP contribution in [0.2, 0.25) is 0 Å². The summed E-state index contributed by atoms with van der Waals surface area (Å²) in [4.78, 5) is 34.8. The summed E-state index contributed by atoms with van der Waals surface area (Å²) in [5.74, 6) is -0.804. The number of piperidine rings is 1. The number of nitrogens with one attached hydrogen (secondary N) is 1. The molecule has 7 heteroatoms. The van der Waals surface area contributed by atoms with Gasteiger partial charge in [-0.3, -0.25) is 14.6 Å². The third kappa shape index (κ3) is 3.76. The van der Waals surface area contributed by atoms with Gasteiger partial charge in [-0.05, 0) is 49.4 Å². The largest absolute Gasteiger partial charge is 0.383 e. The number of carbonyl (C=O) groups is 2. The van der Waals surface area contributed by atoms with Crippen molar-refractivity contribution in [2.75, 3.05) is 17.6 Å². The molecule has 0 unspecified atom stereocenters. The van der Waals surface area contributed by atoms with Crippen molar-refractivity contribution in [2.24, 2.45) is 0 Å². The third-order valence-electron chi connectivity index (χ3n) is 4.40. The molecule has 1 aliphatic heterocycles. The lowest BCUT2D eigenvalue weighted by Crippen LogP contribution is -2.44. The Kier molecular flexibility index (Phi) is 4.92. The molecule has 3 rings (SSSR count). The average molecular weight is 339 g/mol. The van der Waals surface area contributed by atoms with Gasteiger partial charge in [0.1, 0.15) is 5.82 Å². The van der Waals surface area contributed by atoms with Crippen LogP contribution in [-0.2, 0) is 9.59 Å². The molecule has 0 saturated carbocycles. The van der Waals surface area contributed by atoms with E-state index < -0.39 is 11.8 Å². The highest BCUT2D eigenvalue weighted by atomic mass is 16.2. The zero-order valence-corrected chi connectivity index (χ0v) is 14.1. The molecule has 0 aromatic carbocycles. The van der Waals surface area contributed by atoms with Gasteiger partial charge in [-0.15, -0.1) is 0 Å². The topological polar surface area (TPSA) is 101 Å². The summed E-state index contributed by atoms with van der Waals surface area (Å²) in [6, 6.07) is 5.36. The van der Waals surface area contributed by atoms with E-state index in [0.717, 1.165) is 30.4 Å². The van der Waals surface area contributed by atoms with Crippen LogP contribution in [0.25, 0.3) is 0 Å². The SMILES string of the molecule is Cc1cc(NC(=O)C(=O)N2CCCC[C@@H]2c2cccnc2)cnc1N. The summed E-state index contributed by atoms with van der Waals surface area (Å²) in [6.45, 7) is 2.35. The van der Waals surface area contributed by atoms with E-state index in [2.05, 4.69) is 15.3 Å². The number of amides is 2. The van der Waals surface area contributed by atoms with Crippen molar-refractivity contribution in [3.8, 4) is 0 Å². The van der Waals surface area contributed by atoms with Gasteiger partial charge in [0.15, 0.2) is 0 Å². The molecule has 1 atom stereocenters. The predicted molar refractivity (Wildman–Crippen MR) is 94.6 cm³/mol. The molecule has 2 aromatic heterocycles. The molecule has 2 aromatic rings. The molecule has 3 heterocycles. The summed E-state index contributed by atoms with van der Waals surface area (Å²) >= 11 is 0. The lowest BCUT2D eigenvalue weighted by Gasteiger charge is -2.35. The van der Waals surface area contributed by atoms with E-state index in [1.54, 1.807) is 30.3 Å². The van der Waals surface area contributed by atoms with Gasteiger partial charge in [-0.2, -0.15) is 0 Å². The monoisotopic (exact) mass is 339 g/mol. The van der Waals surface area contributed by atoms with Gasteiger partial charge in [0, 0.05) is 18.9 Å². The van der Waals surface area contributed by atoms with Crippen LogP contribution in [-0.4, -0.2) is 33.2 Å². The second-order valence-electron chi connectivity index (χ2n) is 6.18. The van der Waals surface area contributed by atoms with Gasteiger partial charge < -0.3 is 16.0 Å². The number of rotatable bonds is 2. The highest BCUT2D eigenvalue weighted by Gasteiger charge is 2.31. The fourth-order valence-electron chi connectivity index (χ4n) is 3.06. The first-order valence-electron chi connectivity index (χ1n) is 8.30. The highest BCUT2D eigenvalue weighted by Crippen LogP contribution is 2.30. The van der Waals surface area contributed by atoms with Crippen molar-refractivity contribution in [1.82, 2.24) is 14.9 Å². The van der Waals surface area contributed by atoms with Crippen LogP contribution >= 0.6 is 0 Å². The number of hydrogen-bond donors (Lipinski definition) is 2.